The third-order valence-corrected chi connectivity index (χ3v) is 2.18. The number of hydrogen-bond acceptors (Lipinski definition) is 3. The van der Waals surface area contributed by atoms with Gasteiger partial charge >= 0.3 is 0 Å². The van der Waals surface area contributed by atoms with E-state index in [1.54, 1.807) is 18.2 Å². The van der Waals surface area contributed by atoms with Gasteiger partial charge in [0.05, 0.1) is 0 Å². The lowest BCUT2D eigenvalue weighted by Crippen LogP contribution is -2.10. The molecule has 0 bridgehead atoms. The highest BCUT2D eigenvalue weighted by molar-refractivity contribution is 9.10. The molecule has 4 N–H and O–H groups in total. The quantitative estimate of drug-likeness (QED) is 0.625. The van der Waals surface area contributed by atoms with Gasteiger partial charge in [-0.05, 0) is 24.7 Å². The van der Waals surface area contributed by atoms with E-state index >= 15 is 0 Å². The molecule has 0 aliphatic heterocycles. The smallest absolute Gasteiger partial charge is 0.166 e. The van der Waals surface area contributed by atoms with E-state index in [-0.39, 0.29) is 5.78 Å². The van der Waals surface area contributed by atoms with Gasteiger partial charge in [-0.15, -0.1) is 0 Å². The van der Waals surface area contributed by atoms with Crippen molar-refractivity contribution in [2.24, 2.45) is 5.73 Å². The van der Waals surface area contributed by atoms with E-state index in [0.29, 0.717) is 24.2 Å². The fourth-order valence-electron chi connectivity index (χ4n) is 1.04. The Morgan fingerprint density at radius 3 is 2.77 bits per heavy atom. The van der Waals surface area contributed by atoms with Gasteiger partial charge in [0.25, 0.3) is 0 Å². The Labute approximate surface area is 85.2 Å². The summed E-state index contributed by atoms with van der Waals surface area (Å²) in [6.45, 7) is 0.352. The molecule has 0 amide bonds. The normalized spacial score (nSPS) is 10.0. The molecule has 0 fully saturated rings. The highest BCUT2D eigenvalue weighted by Crippen LogP contribution is 2.19. The molecule has 0 aliphatic carbocycles. The number of halogens is 1. The van der Waals surface area contributed by atoms with Crippen molar-refractivity contribution in [3.8, 4) is 0 Å². The van der Waals surface area contributed by atoms with Gasteiger partial charge in [-0.3, -0.25) is 4.79 Å². The van der Waals surface area contributed by atoms with Crippen molar-refractivity contribution in [1.29, 1.82) is 0 Å². The van der Waals surface area contributed by atoms with Crippen LogP contribution in [0.25, 0.3) is 0 Å². The minimum absolute atomic E-state index is 0.0127. The molecule has 0 aliphatic rings. The van der Waals surface area contributed by atoms with E-state index in [1.165, 1.54) is 0 Å². The van der Waals surface area contributed by atoms with Crippen molar-refractivity contribution in [2.45, 2.75) is 6.42 Å². The van der Waals surface area contributed by atoms with Gasteiger partial charge in [0.2, 0.25) is 0 Å². The van der Waals surface area contributed by atoms with E-state index in [2.05, 4.69) is 15.9 Å². The van der Waals surface area contributed by atoms with E-state index in [4.69, 9.17) is 11.5 Å². The molecule has 0 atom stereocenters. The largest absolute Gasteiger partial charge is 0.398 e. The number of anilines is 1. The van der Waals surface area contributed by atoms with E-state index in [0.717, 1.165) is 4.47 Å². The van der Waals surface area contributed by atoms with E-state index < -0.39 is 0 Å². The molecule has 1 aromatic rings. The molecule has 3 nitrogen and oxygen atoms in total. The molecule has 0 heterocycles. The summed E-state index contributed by atoms with van der Waals surface area (Å²) in [5.74, 6) is -0.0127. The van der Waals surface area contributed by atoms with Gasteiger partial charge in [0.15, 0.2) is 5.78 Å². The lowest BCUT2D eigenvalue weighted by molar-refractivity contribution is 0.0986. The maximum atomic E-state index is 11.4. The SMILES string of the molecule is NCCC(=O)c1cc(Br)ccc1N. The van der Waals surface area contributed by atoms with Gasteiger partial charge in [-0.25, -0.2) is 0 Å². The summed E-state index contributed by atoms with van der Waals surface area (Å²) in [5.41, 5.74) is 12.0. The number of nitrogen functional groups attached to an aromatic ring is 1. The number of ketones is 1. The van der Waals surface area contributed by atoms with Crippen molar-refractivity contribution in [1.82, 2.24) is 0 Å². The van der Waals surface area contributed by atoms with Crippen LogP contribution >= 0.6 is 15.9 Å². The van der Waals surface area contributed by atoms with Gasteiger partial charge in [-0.1, -0.05) is 15.9 Å². The minimum atomic E-state index is -0.0127. The molecule has 1 aromatic carbocycles. The first kappa shape index (κ1) is 10.2. The monoisotopic (exact) mass is 242 g/mol. The molecule has 13 heavy (non-hydrogen) atoms. The number of Topliss-reactive ketones (excluding diaryl/α,β-unsaturated/α-hetero) is 1. The molecule has 0 aromatic heterocycles. The number of nitrogens with two attached hydrogens (primary N) is 2. The van der Waals surface area contributed by atoms with E-state index in [1.807, 2.05) is 0 Å². The van der Waals surface area contributed by atoms with Gasteiger partial charge < -0.3 is 11.5 Å². The first-order chi connectivity index (χ1) is 6.15. The van der Waals surface area contributed by atoms with Crippen molar-refractivity contribution < 1.29 is 4.79 Å². The zero-order chi connectivity index (χ0) is 9.84. The standard InChI is InChI=1S/C9H11BrN2O/c10-6-1-2-8(12)7(5-6)9(13)3-4-11/h1-2,5H,3-4,11-12H2. The fraction of sp³-hybridized carbons (Fsp3) is 0.222. The number of carbonyl (C=O) groups is 1. The Morgan fingerprint density at radius 2 is 2.15 bits per heavy atom. The van der Waals surface area contributed by atoms with Crippen LogP contribution in [0.1, 0.15) is 16.8 Å². The Kier molecular flexibility index (Phi) is 3.45. The predicted molar refractivity (Wildman–Crippen MR) is 56.6 cm³/mol. The van der Waals surface area contributed by atoms with Crippen LogP contribution in [0.5, 0.6) is 0 Å². The molecule has 0 saturated carbocycles. The number of benzene rings is 1. The zero-order valence-electron chi connectivity index (χ0n) is 7.09. The van der Waals surface area contributed by atoms with Crippen LogP contribution in [0.15, 0.2) is 22.7 Å². The molecule has 70 valence electrons. The lowest BCUT2D eigenvalue weighted by atomic mass is 10.1. The van der Waals surface area contributed by atoms with Crippen LogP contribution in [0.2, 0.25) is 0 Å². The third-order valence-electron chi connectivity index (χ3n) is 1.69. The maximum absolute atomic E-state index is 11.4. The second-order valence-electron chi connectivity index (χ2n) is 2.69. The molecular formula is C9H11BrN2O. The second kappa shape index (κ2) is 4.39. The minimum Gasteiger partial charge on any atom is -0.398 e. The van der Waals surface area contributed by atoms with Crippen molar-refractivity contribution >= 4 is 27.4 Å². The number of rotatable bonds is 3. The number of hydrogen-bond donors (Lipinski definition) is 2. The summed E-state index contributed by atoms with van der Waals surface area (Å²) >= 11 is 3.28. The van der Waals surface area contributed by atoms with Crippen LogP contribution < -0.4 is 11.5 Å². The third kappa shape index (κ3) is 2.54. The van der Waals surface area contributed by atoms with Crippen LogP contribution in [0.3, 0.4) is 0 Å². The zero-order valence-corrected chi connectivity index (χ0v) is 8.67. The van der Waals surface area contributed by atoms with Gasteiger partial charge in [0, 0.05) is 22.1 Å². The van der Waals surface area contributed by atoms with Crippen LogP contribution in [-0.4, -0.2) is 12.3 Å². The molecule has 0 radical (unpaired) electrons. The van der Waals surface area contributed by atoms with E-state index in [9.17, 15) is 4.79 Å². The maximum Gasteiger partial charge on any atom is 0.166 e. The average Bonchev–Trinajstić information content (AvgIpc) is 2.09. The van der Waals surface area contributed by atoms with Crippen LogP contribution in [-0.2, 0) is 0 Å². The van der Waals surface area contributed by atoms with Crippen LogP contribution in [0.4, 0.5) is 5.69 Å². The first-order valence-electron chi connectivity index (χ1n) is 3.93. The second-order valence-corrected chi connectivity index (χ2v) is 3.61. The Hall–Kier alpha value is -0.870. The summed E-state index contributed by atoms with van der Waals surface area (Å²) in [5, 5.41) is 0. The summed E-state index contributed by atoms with van der Waals surface area (Å²) in [6.07, 6.45) is 0.334. The summed E-state index contributed by atoms with van der Waals surface area (Å²) in [4.78, 5) is 11.4. The summed E-state index contributed by atoms with van der Waals surface area (Å²) in [7, 11) is 0. The molecule has 0 saturated heterocycles. The molecule has 1 rings (SSSR count). The summed E-state index contributed by atoms with van der Waals surface area (Å²) < 4.78 is 0.849. The molecule has 4 heteroatoms. The highest BCUT2D eigenvalue weighted by atomic mass is 79.9. The predicted octanol–water partition coefficient (Wildman–Crippen LogP) is 1.56. The van der Waals surface area contributed by atoms with Crippen molar-refractivity contribution in [3.05, 3.63) is 28.2 Å². The molecule has 0 spiro atoms. The topological polar surface area (TPSA) is 69.1 Å². The van der Waals surface area contributed by atoms with Gasteiger partial charge in [-0.2, -0.15) is 0 Å². The highest BCUT2D eigenvalue weighted by Gasteiger charge is 2.08. The lowest BCUT2D eigenvalue weighted by Gasteiger charge is -2.03. The van der Waals surface area contributed by atoms with Crippen molar-refractivity contribution in [2.75, 3.05) is 12.3 Å². The van der Waals surface area contributed by atoms with Gasteiger partial charge in [0.1, 0.15) is 0 Å². The summed E-state index contributed by atoms with van der Waals surface area (Å²) in [6, 6.07) is 5.22. The number of carbonyl (C=O) groups excluding carboxylic acids is 1. The molecule has 0 unspecified atom stereocenters. The van der Waals surface area contributed by atoms with Crippen LogP contribution in [0, 0.1) is 0 Å². The molecular weight excluding hydrogens is 232 g/mol. The Bertz CT molecular complexity index is 325. The Balaban J connectivity index is 2.99. The fourth-order valence-corrected chi connectivity index (χ4v) is 1.40. The average molecular weight is 243 g/mol. The van der Waals surface area contributed by atoms with Crippen molar-refractivity contribution in [3.63, 3.8) is 0 Å². The Morgan fingerprint density at radius 1 is 1.46 bits per heavy atom. The first-order valence-corrected chi connectivity index (χ1v) is 4.72.